The molecule has 0 radical (unpaired) electrons. The van der Waals surface area contributed by atoms with Crippen LogP contribution in [-0.2, 0) is 15.9 Å². The van der Waals surface area contributed by atoms with Gasteiger partial charge in [-0.15, -0.1) is 0 Å². The molecular weight excluding hydrogens is 250 g/mol. The highest BCUT2D eigenvalue weighted by atomic mass is 16.5. The number of hydrogen-bond acceptors (Lipinski definition) is 3. The van der Waals surface area contributed by atoms with E-state index in [4.69, 9.17) is 9.47 Å². The van der Waals surface area contributed by atoms with Crippen molar-refractivity contribution >= 4 is 0 Å². The molecule has 1 aliphatic heterocycles. The largest absolute Gasteiger partial charge is 0.379 e. The highest BCUT2D eigenvalue weighted by molar-refractivity contribution is 5.14. The molecule has 1 N–H and O–H groups in total. The Morgan fingerprint density at radius 2 is 2.15 bits per heavy atom. The van der Waals surface area contributed by atoms with Crippen LogP contribution in [0.25, 0.3) is 0 Å². The van der Waals surface area contributed by atoms with E-state index in [0.717, 1.165) is 52.0 Å². The Kier molecular flexibility index (Phi) is 7.06. The van der Waals surface area contributed by atoms with Crippen molar-refractivity contribution in [1.29, 1.82) is 0 Å². The molecule has 0 spiro atoms. The minimum atomic E-state index is 0.214. The van der Waals surface area contributed by atoms with Gasteiger partial charge in [-0.1, -0.05) is 37.3 Å². The summed E-state index contributed by atoms with van der Waals surface area (Å²) < 4.78 is 11.6. The van der Waals surface area contributed by atoms with E-state index in [1.54, 1.807) is 0 Å². The molecule has 1 heterocycles. The fourth-order valence-electron chi connectivity index (χ4n) is 2.60. The molecule has 1 aromatic rings. The van der Waals surface area contributed by atoms with E-state index in [1.165, 1.54) is 5.56 Å². The minimum absolute atomic E-state index is 0.214. The SMILES string of the molecule is CCCNC1CCOCC1OCCCc1ccccc1. The zero-order valence-corrected chi connectivity index (χ0v) is 12.5. The quantitative estimate of drug-likeness (QED) is 0.741. The van der Waals surface area contributed by atoms with Crippen molar-refractivity contribution in [3.63, 3.8) is 0 Å². The predicted molar refractivity (Wildman–Crippen MR) is 82.0 cm³/mol. The van der Waals surface area contributed by atoms with E-state index in [0.29, 0.717) is 6.04 Å². The molecule has 2 atom stereocenters. The summed E-state index contributed by atoms with van der Waals surface area (Å²) in [6, 6.07) is 11.1. The number of ether oxygens (including phenoxy) is 2. The van der Waals surface area contributed by atoms with Crippen molar-refractivity contribution in [3.05, 3.63) is 35.9 Å². The summed E-state index contributed by atoms with van der Waals surface area (Å²) in [5, 5.41) is 3.57. The van der Waals surface area contributed by atoms with Crippen LogP contribution < -0.4 is 5.32 Å². The molecule has 0 aromatic heterocycles. The van der Waals surface area contributed by atoms with Crippen molar-refractivity contribution in [1.82, 2.24) is 5.32 Å². The first kappa shape index (κ1) is 15.5. The van der Waals surface area contributed by atoms with Crippen molar-refractivity contribution in [3.8, 4) is 0 Å². The number of hydrogen-bond donors (Lipinski definition) is 1. The molecule has 0 aliphatic carbocycles. The number of aryl methyl sites for hydroxylation is 1. The topological polar surface area (TPSA) is 30.5 Å². The second-order valence-corrected chi connectivity index (χ2v) is 5.42. The molecule has 1 fully saturated rings. The van der Waals surface area contributed by atoms with E-state index in [-0.39, 0.29) is 6.10 Å². The van der Waals surface area contributed by atoms with Gasteiger partial charge in [-0.2, -0.15) is 0 Å². The molecule has 0 amide bonds. The van der Waals surface area contributed by atoms with Gasteiger partial charge in [0, 0.05) is 19.3 Å². The number of nitrogens with one attached hydrogen (secondary N) is 1. The lowest BCUT2D eigenvalue weighted by molar-refractivity contribution is -0.0691. The zero-order chi connectivity index (χ0) is 14.0. The lowest BCUT2D eigenvalue weighted by Crippen LogP contribution is -2.48. The second kappa shape index (κ2) is 9.11. The molecule has 1 aromatic carbocycles. The lowest BCUT2D eigenvalue weighted by atomic mass is 10.1. The minimum Gasteiger partial charge on any atom is -0.379 e. The van der Waals surface area contributed by atoms with Crippen molar-refractivity contribution < 1.29 is 9.47 Å². The normalized spacial score (nSPS) is 22.9. The maximum atomic E-state index is 6.03. The van der Waals surface area contributed by atoms with Crippen LogP contribution in [-0.4, -0.2) is 38.5 Å². The average molecular weight is 277 g/mol. The summed E-state index contributed by atoms with van der Waals surface area (Å²) in [7, 11) is 0. The highest BCUT2D eigenvalue weighted by Gasteiger charge is 2.25. The van der Waals surface area contributed by atoms with E-state index >= 15 is 0 Å². The Balaban J connectivity index is 1.66. The Hall–Kier alpha value is -0.900. The summed E-state index contributed by atoms with van der Waals surface area (Å²) >= 11 is 0. The van der Waals surface area contributed by atoms with Gasteiger partial charge in [-0.25, -0.2) is 0 Å². The van der Waals surface area contributed by atoms with Gasteiger partial charge in [0.15, 0.2) is 0 Å². The fourth-order valence-corrected chi connectivity index (χ4v) is 2.60. The smallest absolute Gasteiger partial charge is 0.0961 e. The van der Waals surface area contributed by atoms with Crippen LogP contribution in [0, 0.1) is 0 Å². The Bertz CT molecular complexity index is 355. The summed E-state index contributed by atoms with van der Waals surface area (Å²) in [6.07, 6.45) is 4.59. The van der Waals surface area contributed by atoms with E-state index < -0.39 is 0 Å². The maximum Gasteiger partial charge on any atom is 0.0961 e. The van der Waals surface area contributed by atoms with Crippen LogP contribution in [0.15, 0.2) is 30.3 Å². The highest BCUT2D eigenvalue weighted by Crippen LogP contribution is 2.12. The summed E-state index contributed by atoms with van der Waals surface area (Å²) in [4.78, 5) is 0. The van der Waals surface area contributed by atoms with Crippen molar-refractivity contribution in [2.45, 2.75) is 44.8 Å². The first-order valence-corrected chi connectivity index (χ1v) is 7.87. The summed E-state index contributed by atoms with van der Waals surface area (Å²) in [6.45, 7) is 5.65. The maximum absolute atomic E-state index is 6.03. The molecule has 20 heavy (non-hydrogen) atoms. The zero-order valence-electron chi connectivity index (χ0n) is 12.5. The van der Waals surface area contributed by atoms with Crippen molar-refractivity contribution in [2.75, 3.05) is 26.4 Å². The third kappa shape index (κ3) is 5.23. The van der Waals surface area contributed by atoms with Gasteiger partial charge in [-0.05, 0) is 37.8 Å². The third-order valence-corrected chi connectivity index (χ3v) is 3.75. The predicted octanol–water partition coefficient (Wildman–Crippen LogP) is 2.79. The van der Waals surface area contributed by atoms with Gasteiger partial charge in [0.2, 0.25) is 0 Å². The average Bonchev–Trinajstić information content (AvgIpc) is 2.51. The van der Waals surface area contributed by atoms with Gasteiger partial charge in [0.25, 0.3) is 0 Å². The van der Waals surface area contributed by atoms with Crippen molar-refractivity contribution in [2.24, 2.45) is 0 Å². The number of benzene rings is 1. The van der Waals surface area contributed by atoms with Gasteiger partial charge in [0.1, 0.15) is 0 Å². The van der Waals surface area contributed by atoms with Crippen LogP contribution in [0.2, 0.25) is 0 Å². The van der Waals surface area contributed by atoms with Crippen LogP contribution >= 0.6 is 0 Å². The number of rotatable bonds is 8. The first-order valence-electron chi connectivity index (χ1n) is 7.87. The molecule has 2 rings (SSSR count). The van der Waals surface area contributed by atoms with Crippen LogP contribution in [0.1, 0.15) is 31.7 Å². The molecular formula is C17H27NO2. The molecule has 3 heteroatoms. The molecule has 0 bridgehead atoms. The van der Waals surface area contributed by atoms with Gasteiger partial charge in [0.05, 0.1) is 12.7 Å². The van der Waals surface area contributed by atoms with E-state index in [9.17, 15) is 0 Å². The standard InChI is InChI=1S/C17H27NO2/c1-2-11-18-16-10-13-19-14-17(16)20-12-6-9-15-7-4-3-5-8-15/h3-5,7-8,16-18H,2,6,9-14H2,1H3. The molecule has 3 nitrogen and oxygen atoms in total. The molecule has 2 unspecified atom stereocenters. The third-order valence-electron chi connectivity index (χ3n) is 3.75. The molecule has 112 valence electrons. The van der Waals surface area contributed by atoms with Crippen LogP contribution in [0.4, 0.5) is 0 Å². The lowest BCUT2D eigenvalue weighted by Gasteiger charge is -2.32. The molecule has 0 saturated carbocycles. The Labute approximate surface area is 122 Å². The monoisotopic (exact) mass is 277 g/mol. The Morgan fingerprint density at radius 1 is 1.30 bits per heavy atom. The second-order valence-electron chi connectivity index (χ2n) is 5.42. The Morgan fingerprint density at radius 3 is 2.95 bits per heavy atom. The summed E-state index contributed by atoms with van der Waals surface area (Å²) in [5.74, 6) is 0. The summed E-state index contributed by atoms with van der Waals surface area (Å²) in [5.41, 5.74) is 1.39. The van der Waals surface area contributed by atoms with Gasteiger partial charge < -0.3 is 14.8 Å². The van der Waals surface area contributed by atoms with E-state index in [1.807, 2.05) is 0 Å². The fraction of sp³-hybridized carbons (Fsp3) is 0.647. The molecule has 1 saturated heterocycles. The molecule has 1 aliphatic rings. The first-order chi connectivity index (χ1) is 9.90. The van der Waals surface area contributed by atoms with Crippen LogP contribution in [0.3, 0.4) is 0 Å². The van der Waals surface area contributed by atoms with Crippen LogP contribution in [0.5, 0.6) is 0 Å². The van der Waals surface area contributed by atoms with Gasteiger partial charge in [-0.3, -0.25) is 0 Å². The van der Waals surface area contributed by atoms with E-state index in [2.05, 4.69) is 42.6 Å². The van der Waals surface area contributed by atoms with Gasteiger partial charge >= 0.3 is 0 Å².